The zero-order valence-electron chi connectivity index (χ0n) is 16.1. The molecule has 0 spiro atoms. The van der Waals surface area contributed by atoms with Gasteiger partial charge in [0.05, 0.1) is 6.10 Å². The van der Waals surface area contributed by atoms with Gasteiger partial charge in [-0.15, -0.1) is 0 Å². The average Bonchev–Trinajstić information content (AvgIpc) is 2.94. The van der Waals surface area contributed by atoms with Gasteiger partial charge in [-0.2, -0.15) is 0 Å². The second-order valence-electron chi connectivity index (χ2n) is 8.32. The van der Waals surface area contributed by atoms with Crippen molar-refractivity contribution in [3.8, 4) is 0 Å². The van der Waals surface area contributed by atoms with Gasteiger partial charge in [-0.05, 0) is 26.3 Å². The molecule has 2 fully saturated rings. The van der Waals surface area contributed by atoms with E-state index in [1.54, 1.807) is 4.90 Å². The molecule has 3 rings (SSSR count). The Labute approximate surface area is 156 Å². The highest BCUT2D eigenvalue weighted by Gasteiger charge is 2.37. The predicted octanol–water partition coefficient (Wildman–Crippen LogP) is 1.78. The Morgan fingerprint density at radius 2 is 1.77 bits per heavy atom. The third kappa shape index (κ3) is 4.96. The number of carbonyl (C=O) groups excluding carboxylic acids is 1. The van der Waals surface area contributed by atoms with Gasteiger partial charge in [-0.3, -0.25) is 9.80 Å². The lowest BCUT2D eigenvalue weighted by atomic mass is 10.1. The molecule has 26 heavy (non-hydrogen) atoms. The van der Waals surface area contributed by atoms with Crippen LogP contribution in [-0.2, 0) is 11.3 Å². The number of rotatable bonds is 3. The van der Waals surface area contributed by atoms with Gasteiger partial charge in [0.1, 0.15) is 5.60 Å². The van der Waals surface area contributed by atoms with Crippen molar-refractivity contribution in [1.82, 2.24) is 14.7 Å². The molecule has 1 N–H and O–H groups in total. The lowest BCUT2D eigenvalue weighted by Crippen LogP contribution is -2.55. The van der Waals surface area contributed by atoms with Gasteiger partial charge in [0.25, 0.3) is 0 Å². The molecule has 144 valence electrons. The number of likely N-dealkylation sites (tertiary alicyclic amines) is 1. The summed E-state index contributed by atoms with van der Waals surface area (Å²) < 4.78 is 5.45. The quantitative estimate of drug-likeness (QED) is 0.889. The minimum absolute atomic E-state index is 0.138. The number of carbonyl (C=O) groups is 1. The lowest BCUT2D eigenvalue weighted by Gasteiger charge is -2.39. The molecule has 1 unspecified atom stereocenters. The highest BCUT2D eigenvalue weighted by molar-refractivity contribution is 5.68. The van der Waals surface area contributed by atoms with Crippen molar-refractivity contribution in [3.63, 3.8) is 0 Å². The van der Waals surface area contributed by atoms with E-state index >= 15 is 0 Å². The summed E-state index contributed by atoms with van der Waals surface area (Å²) in [6.07, 6.45) is -0.582. The number of hydrogen-bond acceptors (Lipinski definition) is 5. The predicted molar refractivity (Wildman–Crippen MR) is 101 cm³/mol. The van der Waals surface area contributed by atoms with E-state index in [4.69, 9.17) is 4.74 Å². The van der Waals surface area contributed by atoms with Gasteiger partial charge in [0, 0.05) is 51.9 Å². The second-order valence-corrected chi connectivity index (χ2v) is 8.32. The van der Waals surface area contributed by atoms with E-state index in [1.165, 1.54) is 5.56 Å². The van der Waals surface area contributed by atoms with Gasteiger partial charge in [0.2, 0.25) is 0 Å². The summed E-state index contributed by atoms with van der Waals surface area (Å²) in [5.74, 6) is 0. The Balaban J connectivity index is 1.49. The van der Waals surface area contributed by atoms with Gasteiger partial charge in [-0.25, -0.2) is 4.79 Å². The van der Waals surface area contributed by atoms with Crippen LogP contribution in [0.15, 0.2) is 30.3 Å². The molecule has 2 heterocycles. The third-order valence-electron chi connectivity index (χ3n) is 5.02. The van der Waals surface area contributed by atoms with E-state index in [1.807, 2.05) is 26.8 Å². The number of aliphatic hydroxyl groups is 1. The van der Waals surface area contributed by atoms with Crippen molar-refractivity contribution in [3.05, 3.63) is 35.9 Å². The molecule has 0 aliphatic carbocycles. The molecule has 1 aromatic rings. The first kappa shape index (κ1) is 19.1. The zero-order chi connectivity index (χ0) is 18.7. The van der Waals surface area contributed by atoms with Gasteiger partial charge in [0.15, 0.2) is 0 Å². The van der Waals surface area contributed by atoms with Gasteiger partial charge >= 0.3 is 6.09 Å². The molecule has 2 aliphatic heterocycles. The molecule has 2 saturated heterocycles. The molecule has 2 atom stereocenters. The van der Waals surface area contributed by atoms with Gasteiger partial charge in [-0.1, -0.05) is 30.3 Å². The number of aliphatic hydroxyl groups excluding tert-OH is 1. The Morgan fingerprint density at radius 3 is 2.38 bits per heavy atom. The van der Waals surface area contributed by atoms with Crippen LogP contribution in [0.3, 0.4) is 0 Å². The van der Waals surface area contributed by atoms with E-state index in [2.05, 4.69) is 34.1 Å². The second kappa shape index (κ2) is 7.94. The molecule has 0 saturated carbocycles. The van der Waals surface area contributed by atoms with Crippen LogP contribution in [0.5, 0.6) is 0 Å². The van der Waals surface area contributed by atoms with Crippen LogP contribution in [0.25, 0.3) is 0 Å². The van der Waals surface area contributed by atoms with Crippen molar-refractivity contribution in [2.24, 2.45) is 0 Å². The van der Waals surface area contributed by atoms with Crippen molar-refractivity contribution >= 4 is 6.09 Å². The minimum atomic E-state index is -0.464. The molecule has 0 aromatic heterocycles. The minimum Gasteiger partial charge on any atom is -0.444 e. The SMILES string of the molecule is CC(C)(C)OC(=O)N1CCN(C2CN(Cc3ccccc3)C[C@@H]2O)CC1. The number of nitrogens with zero attached hydrogens (tertiary/aromatic N) is 3. The molecule has 6 nitrogen and oxygen atoms in total. The highest BCUT2D eigenvalue weighted by atomic mass is 16.6. The Bertz CT molecular complexity index is 594. The number of β-amino-alcohol motifs (C(OH)–C–C–N with tert-alkyl or cyclic N) is 1. The van der Waals surface area contributed by atoms with E-state index in [0.717, 1.165) is 26.2 Å². The van der Waals surface area contributed by atoms with Crippen LogP contribution in [0, 0.1) is 0 Å². The Morgan fingerprint density at radius 1 is 1.12 bits per heavy atom. The zero-order valence-corrected chi connectivity index (χ0v) is 16.1. The fraction of sp³-hybridized carbons (Fsp3) is 0.650. The standard InChI is InChI=1S/C20H31N3O3/c1-20(2,3)26-19(25)23-11-9-22(10-12-23)17-14-21(15-18(17)24)13-16-7-5-4-6-8-16/h4-8,17-18,24H,9-15H2,1-3H3/t17?,18-/m0/s1. The summed E-state index contributed by atoms with van der Waals surface area (Å²) in [7, 11) is 0. The molecule has 0 bridgehead atoms. The smallest absolute Gasteiger partial charge is 0.410 e. The van der Waals surface area contributed by atoms with Crippen LogP contribution in [0.4, 0.5) is 4.79 Å². The third-order valence-corrected chi connectivity index (χ3v) is 5.02. The lowest BCUT2D eigenvalue weighted by molar-refractivity contribution is 0.00326. The largest absolute Gasteiger partial charge is 0.444 e. The van der Waals surface area contributed by atoms with Crippen molar-refractivity contribution < 1.29 is 14.6 Å². The van der Waals surface area contributed by atoms with Crippen LogP contribution in [-0.4, -0.2) is 82.9 Å². The summed E-state index contributed by atoms with van der Waals surface area (Å²) in [5.41, 5.74) is 0.809. The first-order valence-corrected chi connectivity index (χ1v) is 9.48. The summed E-state index contributed by atoms with van der Waals surface area (Å²) in [6, 6.07) is 10.5. The van der Waals surface area contributed by atoms with Crippen LogP contribution in [0.2, 0.25) is 0 Å². The number of benzene rings is 1. The number of piperazine rings is 1. The highest BCUT2D eigenvalue weighted by Crippen LogP contribution is 2.21. The summed E-state index contributed by atoms with van der Waals surface area (Å²) in [4.78, 5) is 18.6. The summed E-state index contributed by atoms with van der Waals surface area (Å²) >= 11 is 0. The normalized spacial score (nSPS) is 25.5. The molecular formula is C20H31N3O3. The van der Waals surface area contributed by atoms with Crippen LogP contribution < -0.4 is 0 Å². The number of hydrogen-bond donors (Lipinski definition) is 1. The van der Waals surface area contributed by atoms with Crippen molar-refractivity contribution in [2.75, 3.05) is 39.3 Å². The monoisotopic (exact) mass is 361 g/mol. The van der Waals surface area contributed by atoms with Crippen molar-refractivity contribution in [2.45, 2.75) is 45.1 Å². The maximum atomic E-state index is 12.2. The van der Waals surface area contributed by atoms with E-state index < -0.39 is 5.60 Å². The van der Waals surface area contributed by atoms with Crippen LogP contribution >= 0.6 is 0 Å². The molecule has 0 radical (unpaired) electrons. The van der Waals surface area contributed by atoms with E-state index in [0.29, 0.717) is 19.6 Å². The maximum Gasteiger partial charge on any atom is 0.410 e. The number of ether oxygens (including phenoxy) is 1. The molecule has 6 heteroatoms. The van der Waals surface area contributed by atoms with Crippen molar-refractivity contribution in [1.29, 1.82) is 0 Å². The van der Waals surface area contributed by atoms with E-state index in [9.17, 15) is 9.90 Å². The first-order valence-electron chi connectivity index (χ1n) is 9.48. The molecule has 2 aliphatic rings. The number of amides is 1. The average molecular weight is 361 g/mol. The summed E-state index contributed by atoms with van der Waals surface area (Å²) in [6.45, 7) is 10.9. The topological polar surface area (TPSA) is 56.2 Å². The Kier molecular flexibility index (Phi) is 5.85. The Hall–Kier alpha value is -1.63. The fourth-order valence-electron chi connectivity index (χ4n) is 3.74. The molecule has 1 amide bonds. The maximum absolute atomic E-state index is 12.2. The fourth-order valence-corrected chi connectivity index (χ4v) is 3.74. The first-order chi connectivity index (χ1) is 12.3. The van der Waals surface area contributed by atoms with E-state index in [-0.39, 0.29) is 18.2 Å². The van der Waals surface area contributed by atoms with Gasteiger partial charge < -0.3 is 14.7 Å². The molecule has 1 aromatic carbocycles. The summed E-state index contributed by atoms with van der Waals surface area (Å²) in [5, 5.41) is 10.5. The molecular weight excluding hydrogens is 330 g/mol. The van der Waals surface area contributed by atoms with Crippen LogP contribution in [0.1, 0.15) is 26.3 Å².